The quantitative estimate of drug-likeness (QED) is 0.743. The SMILES string of the molecule is Cc1cc(=O)c(C(=O)NCC#Cc2ccccc2)nn1-c1ccccc1. The van der Waals surface area contributed by atoms with Gasteiger partial charge in [0.2, 0.25) is 5.43 Å². The predicted octanol–water partition coefficient (Wildman–Crippen LogP) is 2.32. The molecule has 3 aromatic rings. The Morgan fingerprint density at radius 1 is 1.08 bits per heavy atom. The second kappa shape index (κ2) is 7.95. The van der Waals surface area contributed by atoms with Crippen LogP contribution < -0.4 is 10.7 Å². The highest BCUT2D eigenvalue weighted by Crippen LogP contribution is 2.07. The van der Waals surface area contributed by atoms with Crippen molar-refractivity contribution in [2.75, 3.05) is 6.54 Å². The van der Waals surface area contributed by atoms with E-state index in [-0.39, 0.29) is 12.2 Å². The van der Waals surface area contributed by atoms with Crippen LogP contribution in [0, 0.1) is 18.8 Å². The Labute approximate surface area is 151 Å². The fraction of sp³-hybridized carbons (Fsp3) is 0.0952. The molecule has 0 aliphatic heterocycles. The van der Waals surface area contributed by atoms with E-state index in [9.17, 15) is 9.59 Å². The smallest absolute Gasteiger partial charge is 0.276 e. The van der Waals surface area contributed by atoms with Gasteiger partial charge in [-0.3, -0.25) is 9.59 Å². The van der Waals surface area contributed by atoms with Crippen molar-refractivity contribution >= 4 is 5.91 Å². The minimum atomic E-state index is -0.540. The van der Waals surface area contributed by atoms with Gasteiger partial charge in [0.25, 0.3) is 5.91 Å². The number of aryl methyl sites for hydroxylation is 1. The summed E-state index contributed by atoms with van der Waals surface area (Å²) >= 11 is 0. The maximum Gasteiger partial charge on any atom is 0.276 e. The number of nitrogens with zero attached hydrogens (tertiary/aromatic N) is 2. The fourth-order valence-corrected chi connectivity index (χ4v) is 2.41. The van der Waals surface area contributed by atoms with E-state index in [1.54, 1.807) is 11.6 Å². The number of rotatable bonds is 3. The van der Waals surface area contributed by atoms with Gasteiger partial charge in [0, 0.05) is 17.3 Å². The largest absolute Gasteiger partial charge is 0.340 e. The summed E-state index contributed by atoms with van der Waals surface area (Å²) in [7, 11) is 0. The number of hydrogen-bond acceptors (Lipinski definition) is 3. The molecule has 0 fully saturated rings. The van der Waals surface area contributed by atoms with Gasteiger partial charge in [-0.2, -0.15) is 5.10 Å². The summed E-state index contributed by atoms with van der Waals surface area (Å²) in [5.74, 6) is 5.27. The molecule has 1 heterocycles. The first-order valence-electron chi connectivity index (χ1n) is 8.13. The molecule has 0 unspecified atom stereocenters. The van der Waals surface area contributed by atoms with E-state index in [1.807, 2.05) is 60.7 Å². The number of hydrogen-bond donors (Lipinski definition) is 1. The zero-order chi connectivity index (χ0) is 18.4. The predicted molar refractivity (Wildman–Crippen MR) is 100 cm³/mol. The normalized spacial score (nSPS) is 9.88. The van der Waals surface area contributed by atoms with Crippen LogP contribution in [-0.2, 0) is 0 Å². The van der Waals surface area contributed by atoms with Crippen molar-refractivity contribution in [1.82, 2.24) is 15.1 Å². The first-order valence-corrected chi connectivity index (χ1v) is 8.13. The molecule has 1 aromatic heterocycles. The Kier molecular flexibility index (Phi) is 5.25. The molecule has 5 nitrogen and oxygen atoms in total. The van der Waals surface area contributed by atoms with Gasteiger partial charge < -0.3 is 5.32 Å². The third kappa shape index (κ3) is 4.05. The zero-order valence-corrected chi connectivity index (χ0v) is 14.3. The Hall–Kier alpha value is -3.65. The Bertz CT molecular complexity index is 1030. The van der Waals surface area contributed by atoms with E-state index >= 15 is 0 Å². The van der Waals surface area contributed by atoms with Crippen LogP contribution in [0.3, 0.4) is 0 Å². The molecule has 2 aromatic carbocycles. The van der Waals surface area contributed by atoms with Crippen molar-refractivity contribution in [3.05, 3.63) is 93.9 Å². The van der Waals surface area contributed by atoms with Gasteiger partial charge in [-0.05, 0) is 31.2 Å². The molecule has 0 spiro atoms. The summed E-state index contributed by atoms with van der Waals surface area (Å²) in [6.45, 7) is 1.91. The lowest BCUT2D eigenvalue weighted by Crippen LogP contribution is -2.32. The van der Waals surface area contributed by atoms with Crippen molar-refractivity contribution in [2.24, 2.45) is 0 Å². The lowest BCUT2D eigenvalue weighted by Gasteiger charge is -2.10. The van der Waals surface area contributed by atoms with Gasteiger partial charge >= 0.3 is 0 Å². The third-order valence-corrected chi connectivity index (χ3v) is 3.67. The van der Waals surface area contributed by atoms with Crippen LogP contribution in [0.5, 0.6) is 0 Å². The zero-order valence-electron chi connectivity index (χ0n) is 14.3. The average Bonchev–Trinajstić information content (AvgIpc) is 2.67. The van der Waals surface area contributed by atoms with Crippen molar-refractivity contribution < 1.29 is 4.79 Å². The van der Waals surface area contributed by atoms with E-state index in [0.29, 0.717) is 5.69 Å². The van der Waals surface area contributed by atoms with Crippen molar-refractivity contribution in [2.45, 2.75) is 6.92 Å². The molecule has 0 radical (unpaired) electrons. The van der Waals surface area contributed by atoms with E-state index in [0.717, 1.165) is 11.3 Å². The van der Waals surface area contributed by atoms with Crippen LogP contribution >= 0.6 is 0 Å². The molecular formula is C21H17N3O2. The summed E-state index contributed by atoms with van der Waals surface area (Å²) < 4.78 is 1.58. The maximum absolute atomic E-state index is 12.3. The molecule has 0 saturated carbocycles. The van der Waals surface area contributed by atoms with Gasteiger partial charge in [-0.15, -0.1) is 0 Å². The standard InChI is InChI=1S/C21H17N3O2/c1-16-15-19(25)20(23-24(16)18-12-6-3-7-13-18)21(26)22-14-8-11-17-9-4-2-5-10-17/h2-7,9-10,12-13,15H,14H2,1H3,(H,22,26). The van der Waals surface area contributed by atoms with Crippen molar-refractivity contribution in [1.29, 1.82) is 0 Å². The first-order chi connectivity index (χ1) is 12.6. The third-order valence-electron chi connectivity index (χ3n) is 3.67. The number of para-hydroxylation sites is 1. The fourth-order valence-electron chi connectivity index (χ4n) is 2.41. The number of aromatic nitrogens is 2. The van der Waals surface area contributed by atoms with Gasteiger partial charge in [-0.1, -0.05) is 48.2 Å². The highest BCUT2D eigenvalue weighted by Gasteiger charge is 2.14. The maximum atomic E-state index is 12.3. The van der Waals surface area contributed by atoms with Crippen LogP contribution in [-0.4, -0.2) is 22.2 Å². The number of amides is 1. The van der Waals surface area contributed by atoms with Crippen LogP contribution in [0.25, 0.3) is 5.69 Å². The highest BCUT2D eigenvalue weighted by atomic mass is 16.2. The number of carbonyl (C=O) groups is 1. The van der Waals surface area contributed by atoms with E-state index in [4.69, 9.17) is 0 Å². The summed E-state index contributed by atoms with van der Waals surface area (Å²) in [5, 5.41) is 6.84. The molecule has 1 N–H and O–H groups in total. The lowest BCUT2D eigenvalue weighted by atomic mass is 10.2. The minimum absolute atomic E-state index is 0.133. The minimum Gasteiger partial charge on any atom is -0.340 e. The Morgan fingerprint density at radius 2 is 1.73 bits per heavy atom. The van der Waals surface area contributed by atoms with Crippen LogP contribution in [0.4, 0.5) is 0 Å². The second-order valence-electron chi connectivity index (χ2n) is 5.60. The second-order valence-corrected chi connectivity index (χ2v) is 5.60. The Morgan fingerprint density at radius 3 is 2.42 bits per heavy atom. The van der Waals surface area contributed by atoms with Crippen molar-refractivity contribution in [3.63, 3.8) is 0 Å². The summed E-state index contributed by atoms with van der Waals surface area (Å²) in [6.07, 6.45) is 0. The van der Waals surface area contributed by atoms with E-state index in [1.165, 1.54) is 6.07 Å². The molecule has 0 saturated heterocycles. The molecule has 5 heteroatoms. The monoisotopic (exact) mass is 343 g/mol. The van der Waals surface area contributed by atoms with Crippen LogP contribution in [0.2, 0.25) is 0 Å². The highest BCUT2D eigenvalue weighted by molar-refractivity contribution is 5.92. The van der Waals surface area contributed by atoms with Gasteiger partial charge in [0.15, 0.2) is 5.69 Å². The number of carbonyl (C=O) groups excluding carboxylic acids is 1. The van der Waals surface area contributed by atoms with Crippen LogP contribution in [0.1, 0.15) is 21.7 Å². The molecule has 0 aliphatic carbocycles. The van der Waals surface area contributed by atoms with Crippen molar-refractivity contribution in [3.8, 4) is 17.5 Å². The molecule has 0 aliphatic rings. The van der Waals surface area contributed by atoms with Gasteiger partial charge in [-0.25, -0.2) is 4.68 Å². The first kappa shape index (κ1) is 17.2. The van der Waals surface area contributed by atoms with Crippen LogP contribution in [0.15, 0.2) is 71.5 Å². The number of nitrogens with one attached hydrogen (secondary N) is 1. The average molecular weight is 343 g/mol. The summed E-state index contributed by atoms with van der Waals surface area (Å²) in [5.41, 5.74) is 1.73. The molecule has 1 amide bonds. The molecule has 3 rings (SSSR count). The molecular weight excluding hydrogens is 326 g/mol. The van der Waals surface area contributed by atoms with Gasteiger partial charge in [0.05, 0.1) is 12.2 Å². The topological polar surface area (TPSA) is 64.0 Å². The van der Waals surface area contributed by atoms with E-state index < -0.39 is 11.3 Å². The number of benzene rings is 2. The molecule has 0 atom stereocenters. The Balaban J connectivity index is 1.77. The molecule has 0 bridgehead atoms. The molecule has 26 heavy (non-hydrogen) atoms. The summed E-state index contributed by atoms with van der Waals surface area (Å²) in [4.78, 5) is 24.5. The molecule has 128 valence electrons. The lowest BCUT2D eigenvalue weighted by molar-refractivity contribution is 0.0951. The van der Waals surface area contributed by atoms with Gasteiger partial charge in [0.1, 0.15) is 0 Å². The van der Waals surface area contributed by atoms with E-state index in [2.05, 4.69) is 22.3 Å². The summed E-state index contributed by atoms with van der Waals surface area (Å²) in [6, 6.07) is 20.2.